The lowest BCUT2D eigenvalue weighted by Gasteiger charge is -2.36. The first-order valence-corrected chi connectivity index (χ1v) is 19.5. The fourth-order valence-electron chi connectivity index (χ4n) is 8.88. The molecule has 1 aromatic heterocycles. The zero-order valence-electron chi connectivity index (χ0n) is 30.7. The van der Waals surface area contributed by atoms with Crippen molar-refractivity contribution in [1.82, 2.24) is 30.3 Å². The molecule has 1 saturated carbocycles. The van der Waals surface area contributed by atoms with E-state index >= 15 is 0 Å². The first-order chi connectivity index (χ1) is 26.6. The second kappa shape index (κ2) is 15.2. The summed E-state index contributed by atoms with van der Waals surface area (Å²) in [7, 11) is 2.05. The molecule has 2 aromatic carbocycles. The highest BCUT2D eigenvalue weighted by atomic mass is 35.5. The summed E-state index contributed by atoms with van der Waals surface area (Å²) >= 11 is 6.26. The topological polar surface area (TPSA) is 159 Å². The number of amides is 5. The summed E-state index contributed by atoms with van der Waals surface area (Å²) < 4.78 is 0. The fourth-order valence-corrected chi connectivity index (χ4v) is 9.09. The van der Waals surface area contributed by atoms with E-state index in [-0.39, 0.29) is 30.7 Å². The van der Waals surface area contributed by atoms with Gasteiger partial charge < -0.3 is 10.2 Å². The number of imide groups is 2. The van der Waals surface area contributed by atoms with E-state index in [4.69, 9.17) is 11.6 Å². The van der Waals surface area contributed by atoms with Crippen LogP contribution in [0.4, 0.5) is 5.69 Å². The summed E-state index contributed by atoms with van der Waals surface area (Å²) in [5.41, 5.74) is 5.66. The van der Waals surface area contributed by atoms with Gasteiger partial charge in [-0.15, -0.1) is 0 Å². The number of nitrogens with zero attached hydrogens (tertiary/aromatic N) is 6. The molecule has 284 valence electrons. The van der Waals surface area contributed by atoms with Crippen LogP contribution in [0.2, 0.25) is 5.02 Å². The Labute approximate surface area is 324 Å². The first-order valence-electron chi connectivity index (χ1n) is 19.1. The molecule has 55 heavy (non-hydrogen) atoms. The van der Waals surface area contributed by atoms with Crippen LogP contribution >= 0.6 is 11.6 Å². The molecule has 2 N–H and O–H groups in total. The van der Waals surface area contributed by atoms with Gasteiger partial charge in [0, 0.05) is 76.2 Å². The minimum atomic E-state index is -0.965. The zero-order chi connectivity index (χ0) is 38.4. The zero-order valence-corrected chi connectivity index (χ0v) is 31.5. The van der Waals surface area contributed by atoms with Crippen LogP contribution in [0.25, 0.3) is 0 Å². The van der Waals surface area contributed by atoms with Gasteiger partial charge in [0.1, 0.15) is 12.1 Å². The van der Waals surface area contributed by atoms with Crippen LogP contribution < -0.4 is 15.5 Å². The number of likely N-dealkylation sites (tertiary alicyclic amines) is 1. The van der Waals surface area contributed by atoms with Crippen molar-refractivity contribution in [2.45, 2.75) is 95.2 Å². The maximum Gasteiger partial charge on any atom is 0.262 e. The van der Waals surface area contributed by atoms with Gasteiger partial charge >= 0.3 is 0 Å². The molecule has 0 radical (unpaired) electrons. The largest absolute Gasteiger partial charge is 0.372 e. The van der Waals surface area contributed by atoms with Crippen molar-refractivity contribution < 1.29 is 24.0 Å². The summed E-state index contributed by atoms with van der Waals surface area (Å²) in [6, 6.07) is 14.9. The number of rotatable bonds is 8. The maximum atomic E-state index is 13.3. The minimum absolute atomic E-state index is 0.0951. The molecule has 3 aromatic rings. The highest BCUT2D eigenvalue weighted by molar-refractivity contribution is 6.32. The number of anilines is 1. The van der Waals surface area contributed by atoms with E-state index < -0.39 is 23.8 Å². The van der Waals surface area contributed by atoms with Crippen LogP contribution in [0.3, 0.4) is 0 Å². The van der Waals surface area contributed by atoms with Crippen LogP contribution in [0.15, 0.2) is 48.7 Å². The Kier molecular flexibility index (Phi) is 10.1. The van der Waals surface area contributed by atoms with E-state index in [0.717, 1.165) is 79.0 Å². The monoisotopic (exact) mass is 762 g/mol. The predicted molar refractivity (Wildman–Crippen MR) is 203 cm³/mol. The lowest BCUT2D eigenvalue weighted by atomic mass is 9.90. The smallest absolute Gasteiger partial charge is 0.262 e. The molecule has 5 aliphatic rings. The molecule has 1 atom stereocenters. The molecule has 3 fully saturated rings. The van der Waals surface area contributed by atoms with Crippen LogP contribution in [0.5, 0.6) is 0 Å². The van der Waals surface area contributed by atoms with E-state index in [2.05, 4.69) is 36.4 Å². The number of carbonyl (C=O) groups excluding carboxylic acids is 5. The number of benzene rings is 2. The summed E-state index contributed by atoms with van der Waals surface area (Å²) in [6.45, 7) is 3.92. The third kappa shape index (κ3) is 7.34. The Bertz CT molecular complexity index is 2060. The molecule has 5 heterocycles. The molecule has 5 amide bonds. The molecule has 0 bridgehead atoms. The molecule has 4 aliphatic heterocycles. The minimum Gasteiger partial charge on any atom is -0.372 e. The van der Waals surface area contributed by atoms with Gasteiger partial charge in [-0.1, -0.05) is 11.6 Å². The van der Waals surface area contributed by atoms with Crippen molar-refractivity contribution in [3.63, 3.8) is 0 Å². The number of piperidine rings is 2. The Balaban J connectivity index is 0.784. The molecular formula is C41H43ClN8O5. The van der Waals surface area contributed by atoms with E-state index in [1.165, 1.54) is 0 Å². The molecule has 8 rings (SSSR count). The van der Waals surface area contributed by atoms with Gasteiger partial charge in [-0.05, 0) is 98.5 Å². The van der Waals surface area contributed by atoms with Gasteiger partial charge in [0.25, 0.3) is 17.7 Å². The second-order valence-electron chi connectivity index (χ2n) is 15.4. The van der Waals surface area contributed by atoms with E-state index in [0.29, 0.717) is 59.0 Å². The Morgan fingerprint density at radius 1 is 0.945 bits per heavy atom. The normalized spacial score (nSPS) is 23.3. The average Bonchev–Trinajstić information content (AvgIpc) is 3.71. The Morgan fingerprint density at radius 2 is 1.64 bits per heavy atom. The van der Waals surface area contributed by atoms with Gasteiger partial charge in [0.05, 0.1) is 33.0 Å². The maximum absolute atomic E-state index is 13.3. The molecule has 2 saturated heterocycles. The van der Waals surface area contributed by atoms with Crippen LogP contribution in [0.1, 0.15) is 105 Å². The van der Waals surface area contributed by atoms with Crippen LogP contribution in [-0.2, 0) is 29.2 Å². The number of nitriles is 1. The number of hydrogen-bond donors (Lipinski definition) is 2. The van der Waals surface area contributed by atoms with Gasteiger partial charge in [0.2, 0.25) is 11.8 Å². The quantitative estimate of drug-likeness (QED) is 0.319. The lowest BCUT2D eigenvalue weighted by molar-refractivity contribution is -0.136. The van der Waals surface area contributed by atoms with Crippen molar-refractivity contribution in [3.8, 4) is 6.07 Å². The number of halogens is 1. The highest BCUT2D eigenvalue weighted by Gasteiger charge is 2.45. The number of carbonyl (C=O) groups is 5. The van der Waals surface area contributed by atoms with Crippen molar-refractivity contribution in [2.75, 3.05) is 25.0 Å². The fraction of sp³-hybridized carbons (Fsp3) is 0.439. The Hall–Kier alpha value is -5.16. The molecule has 1 aliphatic carbocycles. The number of pyridine rings is 1. The SMILES string of the molecule is CN(c1ccc(C#N)c(Cl)c1)[C@H]1CC[C@H](NC(=O)c2ccc(CN3CCC(N4Cc5cc6c(cc5C4)C(=O)N(C4CCC(=O)NC4=O)C6=O)CC3)nc2)CC1. The van der Waals surface area contributed by atoms with Crippen LogP contribution in [-0.4, -0.2) is 93.5 Å². The van der Waals surface area contributed by atoms with E-state index in [1.807, 2.05) is 43.4 Å². The number of hydrogen-bond acceptors (Lipinski definition) is 10. The highest BCUT2D eigenvalue weighted by Crippen LogP contribution is 2.35. The standard InChI is InChI=1S/C41H43ClN8O5/c1-47(32-7-3-24(19-43)35(42)18-32)30-8-5-28(6-9-30)45-38(52)25-2-4-29(44-20-25)23-48-14-12-31(13-15-48)49-21-26-16-33-34(17-27(26)22-49)41(55)50(40(33)54)36-10-11-37(51)46-39(36)53/h2-4,7,16-18,20,28,30-31,36H,5-6,8-15,21-23H2,1H3,(H,45,52)(H,46,51,53)/t28-,30-,36?. The Morgan fingerprint density at radius 3 is 2.24 bits per heavy atom. The molecule has 14 heteroatoms. The van der Waals surface area contributed by atoms with Gasteiger partial charge in [0.15, 0.2) is 0 Å². The molecular weight excluding hydrogens is 720 g/mol. The van der Waals surface area contributed by atoms with Gasteiger partial charge in [-0.3, -0.25) is 49.0 Å². The number of aromatic nitrogens is 1. The number of nitrogens with one attached hydrogen (secondary N) is 2. The molecule has 13 nitrogen and oxygen atoms in total. The first kappa shape index (κ1) is 36.8. The van der Waals surface area contributed by atoms with Crippen molar-refractivity contribution in [2.24, 2.45) is 0 Å². The van der Waals surface area contributed by atoms with Crippen molar-refractivity contribution in [3.05, 3.63) is 92.8 Å². The second-order valence-corrected chi connectivity index (χ2v) is 15.8. The van der Waals surface area contributed by atoms with Crippen molar-refractivity contribution >= 4 is 46.8 Å². The molecule has 1 unspecified atom stereocenters. The summed E-state index contributed by atoms with van der Waals surface area (Å²) in [4.78, 5) is 76.4. The summed E-state index contributed by atoms with van der Waals surface area (Å²) in [6.07, 6.45) is 7.50. The molecule has 0 spiro atoms. The van der Waals surface area contributed by atoms with Gasteiger partial charge in [-0.25, -0.2) is 0 Å². The predicted octanol–water partition coefficient (Wildman–Crippen LogP) is 4.17. The number of fused-ring (bicyclic) bond motifs is 2. The van der Waals surface area contributed by atoms with Crippen molar-refractivity contribution in [1.29, 1.82) is 5.26 Å². The summed E-state index contributed by atoms with van der Waals surface area (Å²) in [5, 5.41) is 15.1. The lowest BCUT2D eigenvalue weighted by Crippen LogP contribution is -2.54. The summed E-state index contributed by atoms with van der Waals surface area (Å²) in [5.74, 6) is -2.04. The van der Waals surface area contributed by atoms with E-state index in [1.54, 1.807) is 12.3 Å². The van der Waals surface area contributed by atoms with Gasteiger partial charge in [-0.2, -0.15) is 5.26 Å². The average molecular weight is 763 g/mol. The van der Waals surface area contributed by atoms with E-state index in [9.17, 15) is 29.2 Å². The van der Waals surface area contributed by atoms with Crippen LogP contribution in [0, 0.1) is 11.3 Å². The third-order valence-electron chi connectivity index (χ3n) is 12.1. The third-order valence-corrected chi connectivity index (χ3v) is 12.4.